The van der Waals surface area contributed by atoms with E-state index < -0.39 is 21.8 Å². The first-order valence-electron chi connectivity index (χ1n) is 10.7. The molecule has 0 saturated carbocycles. The molecule has 11 heteroatoms. The minimum Gasteiger partial charge on any atom is -0.371 e. The van der Waals surface area contributed by atoms with Crippen LogP contribution in [0.25, 0.3) is 0 Å². The van der Waals surface area contributed by atoms with Crippen LogP contribution in [0.4, 0.5) is 24.5 Å². The summed E-state index contributed by atoms with van der Waals surface area (Å²) in [5.41, 5.74) is 0.940. The fourth-order valence-corrected chi connectivity index (χ4v) is 4.84. The van der Waals surface area contributed by atoms with Crippen LogP contribution >= 0.6 is 0 Å². The molecule has 2 saturated heterocycles. The van der Waals surface area contributed by atoms with Crippen LogP contribution in [-0.4, -0.2) is 58.5 Å². The summed E-state index contributed by atoms with van der Waals surface area (Å²) in [6.45, 7) is 3.20. The topological polar surface area (TPSA) is 86.9 Å². The molecule has 0 atom stereocenters. The standard InChI is InChI=1S/C22H25F3N4O3S/c23-22(24,25)16-3-5-17(6-4-16)27-11-13-29(14-12-27)21(30)19-15-18(33(26,31)32)7-8-20(19)28-9-1-2-10-28/h3-8,15H,1-2,9-14H2,(H2,26,31,32). The Morgan fingerprint density at radius 2 is 1.45 bits per heavy atom. The molecule has 2 aromatic rings. The lowest BCUT2D eigenvalue weighted by Crippen LogP contribution is -2.49. The maximum absolute atomic E-state index is 13.4. The molecular weight excluding hydrogens is 457 g/mol. The summed E-state index contributed by atoms with van der Waals surface area (Å²) < 4.78 is 62.1. The molecule has 2 aromatic carbocycles. The number of carbonyl (C=O) groups excluding carboxylic acids is 1. The van der Waals surface area contributed by atoms with Gasteiger partial charge in [0.1, 0.15) is 0 Å². The van der Waals surface area contributed by atoms with Crippen molar-refractivity contribution in [1.82, 2.24) is 4.90 Å². The second kappa shape index (κ2) is 8.86. The third-order valence-electron chi connectivity index (χ3n) is 6.10. The van der Waals surface area contributed by atoms with Gasteiger partial charge in [0.05, 0.1) is 16.0 Å². The van der Waals surface area contributed by atoms with Gasteiger partial charge >= 0.3 is 6.18 Å². The molecule has 2 aliphatic rings. The average molecular weight is 483 g/mol. The van der Waals surface area contributed by atoms with Gasteiger partial charge in [0.15, 0.2) is 0 Å². The van der Waals surface area contributed by atoms with E-state index in [-0.39, 0.29) is 10.8 Å². The van der Waals surface area contributed by atoms with E-state index in [0.717, 1.165) is 38.1 Å². The quantitative estimate of drug-likeness (QED) is 0.724. The minimum absolute atomic E-state index is 0.114. The van der Waals surface area contributed by atoms with Crippen molar-refractivity contribution in [3.05, 3.63) is 53.6 Å². The molecule has 0 bridgehead atoms. The lowest BCUT2D eigenvalue weighted by molar-refractivity contribution is -0.137. The summed E-state index contributed by atoms with van der Waals surface area (Å²) >= 11 is 0. The smallest absolute Gasteiger partial charge is 0.371 e. The fraction of sp³-hybridized carbons (Fsp3) is 0.409. The Morgan fingerprint density at radius 1 is 0.848 bits per heavy atom. The summed E-state index contributed by atoms with van der Waals surface area (Å²) in [5, 5.41) is 5.28. The number of alkyl halides is 3. The number of rotatable bonds is 4. The molecule has 0 aromatic heterocycles. The van der Waals surface area contributed by atoms with Crippen molar-refractivity contribution >= 4 is 27.3 Å². The summed E-state index contributed by atoms with van der Waals surface area (Å²) in [5.74, 6) is -0.283. The van der Waals surface area contributed by atoms with Gasteiger partial charge < -0.3 is 14.7 Å². The molecule has 7 nitrogen and oxygen atoms in total. The van der Waals surface area contributed by atoms with Gasteiger partial charge in [-0.1, -0.05) is 0 Å². The van der Waals surface area contributed by atoms with Crippen LogP contribution in [0.3, 0.4) is 0 Å². The zero-order valence-corrected chi connectivity index (χ0v) is 18.7. The molecule has 2 heterocycles. The van der Waals surface area contributed by atoms with Crippen molar-refractivity contribution in [2.75, 3.05) is 49.1 Å². The second-order valence-electron chi connectivity index (χ2n) is 8.24. The largest absolute Gasteiger partial charge is 0.416 e. The van der Waals surface area contributed by atoms with Crippen LogP contribution in [0, 0.1) is 0 Å². The molecule has 33 heavy (non-hydrogen) atoms. The van der Waals surface area contributed by atoms with Crippen LogP contribution in [0.15, 0.2) is 47.4 Å². The molecule has 178 valence electrons. The SMILES string of the molecule is NS(=O)(=O)c1ccc(N2CCCC2)c(C(=O)N2CCN(c3ccc(C(F)(F)F)cc3)CC2)c1. The van der Waals surface area contributed by atoms with Gasteiger partial charge in [-0.25, -0.2) is 13.6 Å². The number of hydrogen-bond donors (Lipinski definition) is 1. The first kappa shape index (κ1) is 23.4. The van der Waals surface area contributed by atoms with E-state index in [2.05, 4.69) is 4.90 Å². The van der Waals surface area contributed by atoms with Crippen LogP contribution in [0.2, 0.25) is 0 Å². The maximum Gasteiger partial charge on any atom is 0.416 e. The number of anilines is 2. The Kier molecular flexibility index (Phi) is 6.28. The molecule has 0 spiro atoms. The van der Waals surface area contributed by atoms with Crippen LogP contribution in [-0.2, 0) is 16.2 Å². The fourth-order valence-electron chi connectivity index (χ4n) is 4.30. The zero-order chi connectivity index (χ0) is 23.8. The molecular formula is C22H25F3N4O3S. The number of sulfonamides is 1. The number of halogens is 3. The Balaban J connectivity index is 1.51. The van der Waals surface area contributed by atoms with Gasteiger partial charge in [-0.2, -0.15) is 13.2 Å². The third-order valence-corrected chi connectivity index (χ3v) is 7.01. The normalized spacial score (nSPS) is 17.5. The lowest BCUT2D eigenvalue weighted by Gasteiger charge is -2.37. The highest BCUT2D eigenvalue weighted by atomic mass is 32.2. The monoisotopic (exact) mass is 482 g/mol. The Morgan fingerprint density at radius 3 is 2.00 bits per heavy atom. The number of hydrogen-bond acceptors (Lipinski definition) is 5. The number of carbonyl (C=O) groups is 1. The molecule has 0 radical (unpaired) electrons. The van der Waals surface area contributed by atoms with Crippen LogP contribution in [0.1, 0.15) is 28.8 Å². The summed E-state index contributed by atoms with van der Waals surface area (Å²) in [6, 6.07) is 9.36. The average Bonchev–Trinajstić information content (AvgIpc) is 3.32. The molecule has 2 N–H and O–H groups in total. The number of primary sulfonamides is 1. The number of amides is 1. The Labute approximate surface area is 190 Å². The van der Waals surface area contributed by atoms with Crippen LogP contribution in [0.5, 0.6) is 0 Å². The first-order chi connectivity index (χ1) is 15.5. The van der Waals surface area contributed by atoms with E-state index in [1.54, 1.807) is 11.0 Å². The van der Waals surface area contributed by atoms with E-state index in [1.165, 1.54) is 24.3 Å². The molecule has 0 unspecified atom stereocenters. The third kappa shape index (κ3) is 5.09. The van der Waals surface area contributed by atoms with E-state index in [9.17, 15) is 26.4 Å². The molecule has 2 aliphatic heterocycles. The van der Waals surface area contributed by atoms with Crippen molar-refractivity contribution in [3.63, 3.8) is 0 Å². The van der Waals surface area contributed by atoms with E-state index in [1.807, 2.05) is 4.90 Å². The molecule has 4 rings (SSSR count). The highest BCUT2D eigenvalue weighted by Crippen LogP contribution is 2.31. The second-order valence-corrected chi connectivity index (χ2v) is 9.80. The summed E-state index contributed by atoms with van der Waals surface area (Å²) in [4.78, 5) is 18.9. The van der Waals surface area contributed by atoms with Crippen molar-refractivity contribution in [2.45, 2.75) is 23.9 Å². The van der Waals surface area contributed by atoms with E-state index in [4.69, 9.17) is 5.14 Å². The van der Waals surface area contributed by atoms with Crippen molar-refractivity contribution in [3.8, 4) is 0 Å². The Bertz CT molecular complexity index is 1120. The van der Waals surface area contributed by atoms with Crippen molar-refractivity contribution in [1.29, 1.82) is 0 Å². The van der Waals surface area contributed by atoms with Crippen LogP contribution < -0.4 is 14.9 Å². The predicted octanol–water partition coefficient (Wildman–Crippen LogP) is 2.92. The van der Waals surface area contributed by atoms with Gasteiger partial charge in [-0.05, 0) is 55.3 Å². The number of benzene rings is 2. The number of nitrogens with zero attached hydrogens (tertiary/aromatic N) is 3. The molecule has 2 fully saturated rings. The first-order valence-corrected chi connectivity index (χ1v) is 12.2. The van der Waals surface area contributed by atoms with Gasteiger partial charge in [0.25, 0.3) is 5.91 Å². The minimum atomic E-state index is -4.39. The Hall–Kier alpha value is -2.79. The van der Waals surface area contributed by atoms with Crippen molar-refractivity contribution in [2.24, 2.45) is 5.14 Å². The highest BCUT2D eigenvalue weighted by Gasteiger charge is 2.31. The predicted molar refractivity (Wildman–Crippen MR) is 119 cm³/mol. The maximum atomic E-state index is 13.4. The zero-order valence-electron chi connectivity index (χ0n) is 17.9. The summed E-state index contributed by atoms with van der Waals surface area (Å²) in [7, 11) is -3.97. The van der Waals surface area contributed by atoms with Gasteiger partial charge in [0, 0.05) is 50.6 Å². The van der Waals surface area contributed by atoms with E-state index >= 15 is 0 Å². The number of piperazine rings is 1. The summed E-state index contributed by atoms with van der Waals surface area (Å²) in [6.07, 6.45) is -2.39. The van der Waals surface area contributed by atoms with E-state index in [0.29, 0.717) is 43.1 Å². The van der Waals surface area contributed by atoms with Gasteiger partial charge in [-0.3, -0.25) is 4.79 Å². The van der Waals surface area contributed by atoms with Crippen molar-refractivity contribution < 1.29 is 26.4 Å². The molecule has 0 aliphatic carbocycles. The van der Waals surface area contributed by atoms with Gasteiger partial charge in [-0.15, -0.1) is 0 Å². The highest BCUT2D eigenvalue weighted by molar-refractivity contribution is 7.89. The lowest BCUT2D eigenvalue weighted by atomic mass is 10.1. The number of nitrogens with two attached hydrogens (primary N) is 1. The van der Waals surface area contributed by atoms with Gasteiger partial charge in [0.2, 0.25) is 10.0 Å². The molecule has 1 amide bonds.